The average Bonchev–Trinajstić information content (AvgIpc) is 3.04. The monoisotopic (exact) mass is 292 g/mol. The van der Waals surface area contributed by atoms with Crippen molar-refractivity contribution in [1.82, 2.24) is 10.2 Å². The highest BCUT2D eigenvalue weighted by Crippen LogP contribution is 2.26. The molecular formula is C16H21FN2O2. The zero-order valence-electron chi connectivity index (χ0n) is 12.1. The van der Waals surface area contributed by atoms with Crippen LogP contribution >= 0.6 is 0 Å². The average molecular weight is 292 g/mol. The van der Waals surface area contributed by atoms with Gasteiger partial charge in [0.2, 0.25) is 5.91 Å². The molecule has 5 heteroatoms. The summed E-state index contributed by atoms with van der Waals surface area (Å²) in [6.45, 7) is 4.30. The number of halogens is 1. The van der Waals surface area contributed by atoms with E-state index in [0.29, 0.717) is 37.0 Å². The lowest BCUT2D eigenvalue weighted by Crippen LogP contribution is -2.31. The molecule has 4 nitrogen and oxygen atoms in total. The van der Waals surface area contributed by atoms with Crippen LogP contribution in [0.25, 0.3) is 0 Å². The van der Waals surface area contributed by atoms with Crippen LogP contribution in [-0.2, 0) is 4.79 Å². The number of ether oxygens (including phenoxy) is 1. The molecular weight excluding hydrogens is 271 g/mol. The summed E-state index contributed by atoms with van der Waals surface area (Å²) < 4.78 is 18.4. The summed E-state index contributed by atoms with van der Waals surface area (Å²) in [6, 6.07) is 6.08. The topological polar surface area (TPSA) is 41.6 Å². The Kier molecular flexibility index (Phi) is 4.39. The van der Waals surface area contributed by atoms with Gasteiger partial charge < -0.3 is 15.0 Å². The molecule has 1 amide bonds. The van der Waals surface area contributed by atoms with E-state index < -0.39 is 0 Å². The molecule has 2 aliphatic rings. The van der Waals surface area contributed by atoms with Crippen molar-refractivity contribution < 1.29 is 13.9 Å². The minimum absolute atomic E-state index is 0.215. The maximum Gasteiger partial charge on any atom is 0.222 e. The molecule has 0 aliphatic carbocycles. The molecule has 3 rings (SSSR count). The number of amides is 1. The molecule has 2 saturated heterocycles. The number of fused-ring (bicyclic) bond motifs is 1. The SMILES string of the molecule is O=C(CCCOc1cccc(F)c1)N1C[C@H]2CNC[C@H]2C1. The van der Waals surface area contributed by atoms with Gasteiger partial charge in [-0.1, -0.05) is 6.07 Å². The van der Waals surface area contributed by atoms with Crippen LogP contribution in [0.2, 0.25) is 0 Å². The predicted molar refractivity (Wildman–Crippen MR) is 77.6 cm³/mol. The first kappa shape index (κ1) is 14.3. The molecule has 0 aromatic heterocycles. The molecule has 0 bridgehead atoms. The second-order valence-corrected chi connectivity index (χ2v) is 5.89. The Balaban J connectivity index is 1.37. The van der Waals surface area contributed by atoms with Gasteiger partial charge in [-0.05, 0) is 30.4 Å². The summed E-state index contributed by atoms with van der Waals surface area (Å²) in [6.07, 6.45) is 1.17. The van der Waals surface area contributed by atoms with Crippen LogP contribution in [0.1, 0.15) is 12.8 Å². The van der Waals surface area contributed by atoms with E-state index in [1.807, 2.05) is 4.90 Å². The van der Waals surface area contributed by atoms with Crippen LogP contribution in [0.15, 0.2) is 24.3 Å². The molecule has 21 heavy (non-hydrogen) atoms. The fourth-order valence-corrected chi connectivity index (χ4v) is 3.19. The highest BCUT2D eigenvalue weighted by atomic mass is 19.1. The van der Waals surface area contributed by atoms with Gasteiger partial charge in [0.15, 0.2) is 0 Å². The van der Waals surface area contributed by atoms with Crippen molar-refractivity contribution in [2.45, 2.75) is 12.8 Å². The summed E-state index contributed by atoms with van der Waals surface area (Å²) in [5.74, 6) is 1.70. The standard InChI is InChI=1S/C16H21FN2O2/c17-14-3-1-4-15(7-14)21-6-2-5-16(20)19-10-12-8-18-9-13(12)11-19/h1,3-4,7,12-13,18H,2,5-6,8-11H2/t12-,13+. The lowest BCUT2D eigenvalue weighted by molar-refractivity contribution is -0.130. The minimum Gasteiger partial charge on any atom is -0.493 e. The third-order valence-corrected chi connectivity index (χ3v) is 4.34. The fourth-order valence-electron chi connectivity index (χ4n) is 3.19. The summed E-state index contributed by atoms with van der Waals surface area (Å²) in [5.41, 5.74) is 0. The van der Waals surface area contributed by atoms with Gasteiger partial charge in [-0.3, -0.25) is 4.79 Å². The molecule has 2 aliphatic heterocycles. The van der Waals surface area contributed by atoms with E-state index in [1.54, 1.807) is 12.1 Å². The molecule has 1 aromatic carbocycles. The number of benzene rings is 1. The number of hydrogen-bond donors (Lipinski definition) is 1. The lowest BCUT2D eigenvalue weighted by atomic mass is 10.0. The Morgan fingerprint density at radius 1 is 1.33 bits per heavy atom. The first-order valence-electron chi connectivity index (χ1n) is 7.59. The number of nitrogens with zero attached hydrogens (tertiary/aromatic N) is 1. The molecule has 0 saturated carbocycles. The minimum atomic E-state index is -0.305. The van der Waals surface area contributed by atoms with Crippen molar-refractivity contribution >= 4 is 5.91 Å². The van der Waals surface area contributed by atoms with Gasteiger partial charge in [0.25, 0.3) is 0 Å². The largest absolute Gasteiger partial charge is 0.493 e. The number of likely N-dealkylation sites (tertiary alicyclic amines) is 1. The maximum absolute atomic E-state index is 13.0. The van der Waals surface area contributed by atoms with E-state index in [-0.39, 0.29) is 11.7 Å². The van der Waals surface area contributed by atoms with Crippen LogP contribution in [0, 0.1) is 17.7 Å². The molecule has 0 spiro atoms. The number of rotatable bonds is 5. The molecule has 2 atom stereocenters. The van der Waals surface area contributed by atoms with Gasteiger partial charge >= 0.3 is 0 Å². The van der Waals surface area contributed by atoms with Crippen molar-refractivity contribution in [3.8, 4) is 5.75 Å². The Bertz CT molecular complexity index is 497. The van der Waals surface area contributed by atoms with E-state index >= 15 is 0 Å². The number of hydrogen-bond acceptors (Lipinski definition) is 3. The van der Waals surface area contributed by atoms with E-state index in [1.165, 1.54) is 12.1 Å². The van der Waals surface area contributed by atoms with E-state index in [2.05, 4.69) is 5.32 Å². The third-order valence-electron chi connectivity index (χ3n) is 4.34. The van der Waals surface area contributed by atoms with Gasteiger partial charge in [-0.15, -0.1) is 0 Å². The number of carbonyl (C=O) groups is 1. The Labute approximate surface area is 124 Å². The van der Waals surface area contributed by atoms with Gasteiger partial charge in [-0.2, -0.15) is 0 Å². The van der Waals surface area contributed by atoms with E-state index in [4.69, 9.17) is 4.74 Å². The first-order chi connectivity index (χ1) is 10.2. The molecule has 2 heterocycles. The normalized spacial score (nSPS) is 24.1. The lowest BCUT2D eigenvalue weighted by Gasteiger charge is -2.17. The van der Waals surface area contributed by atoms with E-state index in [0.717, 1.165) is 26.2 Å². The van der Waals surface area contributed by atoms with Crippen molar-refractivity contribution in [2.24, 2.45) is 11.8 Å². The Morgan fingerprint density at radius 3 is 2.81 bits per heavy atom. The summed E-state index contributed by atoms with van der Waals surface area (Å²) >= 11 is 0. The van der Waals surface area contributed by atoms with Crippen LogP contribution in [0.4, 0.5) is 4.39 Å². The zero-order chi connectivity index (χ0) is 14.7. The summed E-state index contributed by atoms with van der Waals surface area (Å²) in [5, 5.41) is 3.37. The zero-order valence-corrected chi connectivity index (χ0v) is 12.1. The van der Waals surface area contributed by atoms with Gasteiger partial charge in [0, 0.05) is 38.7 Å². The van der Waals surface area contributed by atoms with Crippen molar-refractivity contribution in [3.05, 3.63) is 30.1 Å². The highest BCUT2D eigenvalue weighted by molar-refractivity contribution is 5.76. The Hall–Kier alpha value is -1.62. The van der Waals surface area contributed by atoms with Crippen molar-refractivity contribution in [3.63, 3.8) is 0 Å². The summed E-state index contributed by atoms with van der Waals surface area (Å²) in [7, 11) is 0. The highest BCUT2D eigenvalue weighted by Gasteiger charge is 2.37. The third kappa shape index (κ3) is 3.53. The second kappa shape index (κ2) is 6.43. The van der Waals surface area contributed by atoms with Gasteiger partial charge in [0.1, 0.15) is 11.6 Å². The van der Waals surface area contributed by atoms with Crippen LogP contribution in [0.3, 0.4) is 0 Å². The maximum atomic E-state index is 13.0. The fraction of sp³-hybridized carbons (Fsp3) is 0.562. The first-order valence-corrected chi connectivity index (χ1v) is 7.59. The van der Waals surface area contributed by atoms with E-state index in [9.17, 15) is 9.18 Å². The molecule has 1 N–H and O–H groups in total. The van der Waals surface area contributed by atoms with Gasteiger partial charge in [0.05, 0.1) is 6.61 Å². The molecule has 2 fully saturated rings. The molecule has 1 aromatic rings. The van der Waals surface area contributed by atoms with Gasteiger partial charge in [-0.25, -0.2) is 4.39 Å². The van der Waals surface area contributed by atoms with Crippen LogP contribution in [0.5, 0.6) is 5.75 Å². The second-order valence-electron chi connectivity index (χ2n) is 5.89. The van der Waals surface area contributed by atoms with Crippen LogP contribution < -0.4 is 10.1 Å². The summed E-state index contributed by atoms with van der Waals surface area (Å²) in [4.78, 5) is 14.1. The molecule has 114 valence electrons. The quantitative estimate of drug-likeness (QED) is 0.839. The van der Waals surface area contributed by atoms with Crippen molar-refractivity contribution in [1.29, 1.82) is 0 Å². The smallest absolute Gasteiger partial charge is 0.222 e. The molecule has 0 radical (unpaired) electrons. The Morgan fingerprint density at radius 2 is 2.10 bits per heavy atom. The van der Waals surface area contributed by atoms with Crippen molar-refractivity contribution in [2.75, 3.05) is 32.8 Å². The number of nitrogens with one attached hydrogen (secondary N) is 1. The molecule has 0 unspecified atom stereocenters. The van der Waals surface area contributed by atoms with Crippen LogP contribution in [-0.4, -0.2) is 43.6 Å². The number of carbonyl (C=O) groups excluding carboxylic acids is 1. The predicted octanol–water partition coefficient (Wildman–Crippen LogP) is 1.66.